The molecule has 3 aliphatic rings. The third-order valence-corrected chi connectivity index (χ3v) is 11.6. The number of likely N-dealkylation sites (N-methyl/N-ethyl adjacent to an activating group) is 1. The van der Waals surface area contributed by atoms with E-state index in [1.165, 1.54) is 0 Å². The van der Waals surface area contributed by atoms with Crippen LogP contribution in [-0.4, -0.2) is 91.7 Å². The second-order valence-electron chi connectivity index (χ2n) is 10.8. The Bertz CT molecular complexity index is 1090. The minimum absolute atomic E-state index is 0.00914. The molecule has 7 atom stereocenters. The molecular formula is C30H40BrN3O4S. The average Bonchev–Trinajstić information content (AvgIpc) is 3.52. The molecule has 3 heterocycles. The first-order chi connectivity index (χ1) is 18.8. The van der Waals surface area contributed by atoms with E-state index in [0.29, 0.717) is 26.1 Å². The molecule has 2 bridgehead atoms. The lowest BCUT2D eigenvalue weighted by Crippen LogP contribution is -2.56. The van der Waals surface area contributed by atoms with E-state index in [0.717, 1.165) is 24.8 Å². The Morgan fingerprint density at radius 3 is 2.51 bits per heavy atom. The number of halogens is 1. The van der Waals surface area contributed by atoms with E-state index in [-0.39, 0.29) is 34.4 Å². The number of hydrogen-bond donors (Lipinski definition) is 1. The van der Waals surface area contributed by atoms with Crippen LogP contribution in [0.25, 0.3) is 0 Å². The average molecular weight is 619 g/mol. The van der Waals surface area contributed by atoms with E-state index in [4.69, 9.17) is 0 Å². The van der Waals surface area contributed by atoms with Crippen molar-refractivity contribution in [1.82, 2.24) is 14.7 Å². The first-order valence-corrected chi connectivity index (χ1v) is 15.6. The fourth-order valence-electron chi connectivity index (χ4n) is 6.71. The van der Waals surface area contributed by atoms with Gasteiger partial charge in [-0.15, -0.1) is 24.9 Å². The number of alkyl halides is 1. The number of unbranched alkanes of at least 4 members (excludes halogenated alkanes) is 2. The highest BCUT2D eigenvalue weighted by Crippen LogP contribution is 2.68. The molecule has 7 nitrogen and oxygen atoms in total. The van der Waals surface area contributed by atoms with Crippen LogP contribution < -0.4 is 0 Å². The maximum absolute atomic E-state index is 14.5. The van der Waals surface area contributed by atoms with E-state index >= 15 is 0 Å². The van der Waals surface area contributed by atoms with Crippen molar-refractivity contribution in [3.05, 3.63) is 61.2 Å². The minimum atomic E-state index is -0.800. The molecule has 39 heavy (non-hydrogen) atoms. The van der Waals surface area contributed by atoms with Gasteiger partial charge in [0.15, 0.2) is 0 Å². The molecule has 1 N–H and O–H groups in total. The second kappa shape index (κ2) is 12.6. The molecule has 3 saturated heterocycles. The Kier molecular flexibility index (Phi) is 9.65. The second-order valence-corrected chi connectivity index (χ2v) is 13.5. The van der Waals surface area contributed by atoms with Gasteiger partial charge in [-0.3, -0.25) is 14.4 Å². The molecule has 1 spiro atoms. The van der Waals surface area contributed by atoms with Gasteiger partial charge in [0.25, 0.3) is 0 Å². The number of thioether (sulfide) groups is 1. The van der Waals surface area contributed by atoms with Crippen LogP contribution in [0.2, 0.25) is 0 Å². The van der Waals surface area contributed by atoms with Gasteiger partial charge in [-0.25, -0.2) is 0 Å². The van der Waals surface area contributed by atoms with E-state index in [1.807, 2.05) is 30.3 Å². The molecule has 0 aliphatic carbocycles. The van der Waals surface area contributed by atoms with Crippen LogP contribution >= 0.6 is 27.7 Å². The summed E-state index contributed by atoms with van der Waals surface area (Å²) in [5, 5.41) is 10.5. The molecule has 4 rings (SSSR count). The molecule has 1 aromatic carbocycles. The predicted molar refractivity (Wildman–Crippen MR) is 159 cm³/mol. The Morgan fingerprint density at radius 2 is 1.90 bits per heavy atom. The molecule has 3 amide bonds. The largest absolute Gasteiger partial charge is 0.394 e. The monoisotopic (exact) mass is 617 g/mol. The third kappa shape index (κ3) is 5.22. The van der Waals surface area contributed by atoms with Crippen molar-refractivity contribution in [3.8, 4) is 0 Å². The molecule has 3 aliphatic heterocycles. The van der Waals surface area contributed by atoms with E-state index in [2.05, 4.69) is 36.0 Å². The summed E-state index contributed by atoms with van der Waals surface area (Å²) in [7, 11) is 1.73. The van der Waals surface area contributed by atoms with Gasteiger partial charge >= 0.3 is 0 Å². The minimum Gasteiger partial charge on any atom is -0.394 e. The normalized spacial score (nSPS) is 29.7. The molecule has 0 aromatic heterocycles. The summed E-state index contributed by atoms with van der Waals surface area (Å²) in [6, 6.07) is 7.89. The Balaban J connectivity index is 1.82. The summed E-state index contributed by atoms with van der Waals surface area (Å²) >= 11 is 5.45. The summed E-state index contributed by atoms with van der Waals surface area (Å²) in [6.45, 7) is 10.8. The van der Waals surface area contributed by atoms with Crippen LogP contribution in [0.4, 0.5) is 0 Å². The van der Waals surface area contributed by atoms with Crippen molar-refractivity contribution < 1.29 is 19.5 Å². The summed E-state index contributed by atoms with van der Waals surface area (Å²) in [5.41, 5.74) is 0.769. The lowest BCUT2D eigenvalue weighted by molar-refractivity contribution is -0.147. The van der Waals surface area contributed by atoms with Gasteiger partial charge in [-0.05, 0) is 18.4 Å². The van der Waals surface area contributed by atoms with Crippen LogP contribution in [0.5, 0.6) is 0 Å². The number of carbonyl (C=O) groups excluding carboxylic acids is 3. The van der Waals surface area contributed by atoms with E-state index < -0.39 is 28.7 Å². The maximum atomic E-state index is 14.5. The number of rotatable bonds is 13. The summed E-state index contributed by atoms with van der Waals surface area (Å²) < 4.78 is -0.769. The van der Waals surface area contributed by atoms with Gasteiger partial charge in [0.2, 0.25) is 17.7 Å². The van der Waals surface area contributed by atoms with Gasteiger partial charge in [-0.2, -0.15) is 0 Å². The molecular weight excluding hydrogens is 578 g/mol. The smallest absolute Gasteiger partial charge is 0.247 e. The number of nitrogens with zero attached hydrogens (tertiary/aromatic N) is 3. The number of likely N-dealkylation sites (tertiary alicyclic amines) is 1. The zero-order valence-corrected chi connectivity index (χ0v) is 25.3. The zero-order valence-electron chi connectivity index (χ0n) is 22.9. The fraction of sp³-hybridized carbons (Fsp3) is 0.567. The third-order valence-electron chi connectivity index (χ3n) is 8.41. The van der Waals surface area contributed by atoms with Crippen LogP contribution in [-0.2, 0) is 14.4 Å². The zero-order chi connectivity index (χ0) is 28.3. The number of amides is 3. The lowest BCUT2D eigenvalue weighted by Gasteiger charge is -2.40. The highest BCUT2D eigenvalue weighted by atomic mass is 79.9. The number of fused-ring (bicyclic) bond motifs is 1. The van der Waals surface area contributed by atoms with Crippen LogP contribution in [0.15, 0.2) is 55.6 Å². The number of carbonyl (C=O) groups is 3. The first kappa shape index (κ1) is 29.9. The topological polar surface area (TPSA) is 81.2 Å². The Morgan fingerprint density at radius 1 is 1.21 bits per heavy atom. The molecule has 3 fully saturated rings. The maximum Gasteiger partial charge on any atom is 0.247 e. The number of benzene rings is 1. The first-order valence-electron chi connectivity index (χ1n) is 13.8. The molecule has 212 valence electrons. The molecule has 0 saturated carbocycles. The van der Waals surface area contributed by atoms with Gasteiger partial charge in [0.05, 0.1) is 29.2 Å². The van der Waals surface area contributed by atoms with E-state index in [9.17, 15) is 19.5 Å². The Hall–Kier alpha value is -2.10. The van der Waals surface area contributed by atoms with Crippen molar-refractivity contribution in [2.24, 2.45) is 11.8 Å². The van der Waals surface area contributed by atoms with Gasteiger partial charge in [-0.1, -0.05) is 78.2 Å². The van der Waals surface area contributed by atoms with Crippen molar-refractivity contribution in [3.63, 3.8) is 0 Å². The number of aliphatic hydroxyl groups excluding tert-OH is 1. The number of aliphatic hydroxyl groups is 1. The quantitative estimate of drug-likeness (QED) is 0.205. The van der Waals surface area contributed by atoms with Gasteiger partial charge in [0.1, 0.15) is 6.04 Å². The Labute approximate surface area is 244 Å². The molecule has 0 radical (unpaired) electrons. The van der Waals surface area contributed by atoms with E-state index in [1.54, 1.807) is 45.7 Å². The summed E-state index contributed by atoms with van der Waals surface area (Å²) in [5.74, 6) is -1.65. The van der Waals surface area contributed by atoms with Crippen LogP contribution in [0, 0.1) is 11.8 Å². The summed E-state index contributed by atoms with van der Waals surface area (Å²) in [6.07, 6.45) is 6.89. The van der Waals surface area contributed by atoms with Crippen LogP contribution in [0.3, 0.4) is 0 Å². The fourth-order valence-corrected chi connectivity index (χ4v) is 10.3. The highest BCUT2D eigenvalue weighted by Gasteiger charge is 2.76. The van der Waals surface area contributed by atoms with Gasteiger partial charge in [0, 0.05) is 36.8 Å². The SMILES string of the molecule is C=CCN(C)C(=O)[C@H]1[C@H]2C(=O)N([C@H](CO)c3ccccc3)C(C(=O)N(CC=C)CCCCC)C23CC(Br)[C@@H]1S3. The van der Waals surface area contributed by atoms with Crippen molar-refractivity contribution in [2.45, 2.75) is 59.5 Å². The molecule has 9 heteroatoms. The lowest BCUT2D eigenvalue weighted by atomic mass is 9.70. The molecule has 1 aromatic rings. The highest BCUT2D eigenvalue weighted by molar-refractivity contribution is 9.09. The predicted octanol–water partition coefficient (Wildman–Crippen LogP) is 4.03. The summed E-state index contributed by atoms with van der Waals surface area (Å²) in [4.78, 5) is 47.9. The van der Waals surface area contributed by atoms with Crippen LogP contribution in [0.1, 0.15) is 44.2 Å². The molecule has 3 unspecified atom stereocenters. The van der Waals surface area contributed by atoms with Crippen molar-refractivity contribution in [1.29, 1.82) is 0 Å². The van der Waals surface area contributed by atoms with Crippen molar-refractivity contribution in [2.75, 3.05) is 33.3 Å². The van der Waals surface area contributed by atoms with Crippen molar-refractivity contribution >= 4 is 45.4 Å². The standard InChI is InChI=1S/C30H40BrN3O4S/c1-5-8-12-17-33(16-7-3)29(38)26-30-18-21(31)25(39-30)23(27(36)32(4)15-6-2)24(30)28(37)34(26)22(19-35)20-13-10-9-11-14-20/h6-7,9-11,13-14,21-26,35H,2-3,5,8,12,15-19H2,1,4H3/t21?,22-,23+,24+,25+,26?,30?/m1/s1. The number of hydrogen-bond acceptors (Lipinski definition) is 5. The van der Waals surface area contributed by atoms with Gasteiger partial charge < -0.3 is 19.8 Å².